The Labute approximate surface area is 229 Å². The number of allylic oxidation sites excluding steroid dienone is 3. The maximum absolute atomic E-state index is 12.3. The average molecular weight is 524 g/mol. The number of hydrogen-bond acceptors (Lipinski definition) is 4. The Morgan fingerprint density at radius 1 is 0.649 bits per heavy atom. The van der Waals surface area contributed by atoms with Crippen molar-refractivity contribution in [3.05, 3.63) is 24.3 Å². The quantitative estimate of drug-likeness (QED) is 0.0661. The van der Waals surface area contributed by atoms with Gasteiger partial charge in [0, 0.05) is 0 Å². The molecule has 0 fully saturated rings. The summed E-state index contributed by atoms with van der Waals surface area (Å²) in [5.74, 6) is -0.521. The van der Waals surface area contributed by atoms with Crippen molar-refractivity contribution in [1.29, 1.82) is 0 Å². The minimum atomic E-state index is -1.11. The maximum Gasteiger partial charge on any atom is 0.249 e. The predicted molar refractivity (Wildman–Crippen MR) is 158 cm³/mol. The second-order valence-corrected chi connectivity index (χ2v) is 10.7. The lowest BCUT2D eigenvalue weighted by atomic mass is 10.0. The van der Waals surface area contributed by atoms with Crippen LogP contribution in [-0.2, 0) is 4.79 Å². The molecule has 3 unspecified atom stereocenters. The average Bonchev–Trinajstić information content (AvgIpc) is 2.90. The van der Waals surface area contributed by atoms with Gasteiger partial charge < -0.3 is 20.6 Å². The Morgan fingerprint density at radius 3 is 1.65 bits per heavy atom. The first-order chi connectivity index (χ1) is 18.1. The van der Waals surface area contributed by atoms with Gasteiger partial charge in [-0.05, 0) is 38.5 Å². The molecule has 0 bridgehead atoms. The lowest BCUT2D eigenvalue weighted by Gasteiger charge is -2.21. The first kappa shape index (κ1) is 35.8. The van der Waals surface area contributed by atoms with Crippen LogP contribution in [0.4, 0.5) is 0 Å². The molecule has 1 amide bonds. The molecule has 0 rings (SSSR count). The zero-order valence-corrected chi connectivity index (χ0v) is 24.3. The van der Waals surface area contributed by atoms with E-state index in [1.54, 1.807) is 6.08 Å². The largest absolute Gasteiger partial charge is 0.394 e. The number of aliphatic hydroxyl groups excluding tert-OH is 3. The van der Waals surface area contributed by atoms with E-state index in [2.05, 4.69) is 31.3 Å². The number of nitrogens with one attached hydrogen (secondary N) is 1. The number of carbonyl (C=O) groups is 1. The Kier molecular flexibility index (Phi) is 27.0. The Morgan fingerprint density at radius 2 is 1.11 bits per heavy atom. The lowest BCUT2D eigenvalue weighted by molar-refractivity contribution is -0.131. The van der Waals surface area contributed by atoms with Crippen LogP contribution >= 0.6 is 0 Å². The molecule has 0 spiro atoms. The van der Waals surface area contributed by atoms with Crippen molar-refractivity contribution in [2.24, 2.45) is 0 Å². The first-order valence-electron chi connectivity index (χ1n) is 15.7. The molecule has 0 aliphatic carbocycles. The fraction of sp³-hybridized carbons (Fsp3) is 0.844. The van der Waals surface area contributed by atoms with Crippen molar-refractivity contribution in [2.45, 2.75) is 167 Å². The number of unbranched alkanes of at least 4 members (excludes halogenated alkanes) is 17. The molecule has 3 atom stereocenters. The van der Waals surface area contributed by atoms with Crippen LogP contribution in [0.15, 0.2) is 24.3 Å². The third-order valence-corrected chi connectivity index (χ3v) is 7.04. The van der Waals surface area contributed by atoms with Crippen LogP contribution in [0.5, 0.6) is 0 Å². The first-order valence-corrected chi connectivity index (χ1v) is 15.7. The molecule has 0 saturated heterocycles. The van der Waals surface area contributed by atoms with E-state index in [0.717, 1.165) is 44.9 Å². The SMILES string of the molecule is CCCC/C=C\CCCCCC(O)C(=O)NC(CO)C(O)/C=C/CCCCCCCCCCCCCC. The minimum absolute atomic E-state index is 0.368. The molecule has 0 heterocycles. The highest BCUT2D eigenvalue weighted by Crippen LogP contribution is 2.13. The van der Waals surface area contributed by atoms with Gasteiger partial charge in [0.15, 0.2) is 0 Å². The van der Waals surface area contributed by atoms with Gasteiger partial charge in [-0.1, -0.05) is 134 Å². The van der Waals surface area contributed by atoms with Crippen LogP contribution in [-0.4, -0.2) is 46.1 Å². The predicted octanol–water partition coefficient (Wildman–Crippen LogP) is 7.53. The van der Waals surface area contributed by atoms with Crippen molar-refractivity contribution in [1.82, 2.24) is 5.32 Å². The lowest BCUT2D eigenvalue weighted by Crippen LogP contribution is -2.48. The number of aliphatic hydroxyl groups is 3. The van der Waals surface area contributed by atoms with E-state index in [9.17, 15) is 20.1 Å². The number of amides is 1. The summed E-state index contributed by atoms with van der Waals surface area (Å²) in [6.45, 7) is 4.08. The summed E-state index contributed by atoms with van der Waals surface area (Å²) in [6, 6.07) is -0.798. The highest BCUT2D eigenvalue weighted by atomic mass is 16.3. The monoisotopic (exact) mass is 523 g/mol. The van der Waals surface area contributed by atoms with Crippen LogP contribution in [0.2, 0.25) is 0 Å². The fourth-order valence-corrected chi connectivity index (χ4v) is 4.46. The normalized spacial score (nSPS) is 14.4. The van der Waals surface area contributed by atoms with Gasteiger partial charge in [0.1, 0.15) is 6.10 Å². The van der Waals surface area contributed by atoms with Crippen molar-refractivity contribution < 1.29 is 20.1 Å². The van der Waals surface area contributed by atoms with Crippen LogP contribution in [0.3, 0.4) is 0 Å². The maximum atomic E-state index is 12.3. The Hall–Kier alpha value is -1.17. The number of hydrogen-bond donors (Lipinski definition) is 4. The van der Waals surface area contributed by atoms with E-state index < -0.39 is 24.2 Å². The number of carbonyl (C=O) groups excluding carboxylic acids is 1. The summed E-state index contributed by atoms with van der Waals surface area (Å²) in [6.07, 6.45) is 30.5. The van der Waals surface area contributed by atoms with Crippen molar-refractivity contribution in [3.8, 4) is 0 Å². The zero-order valence-electron chi connectivity index (χ0n) is 24.3. The minimum Gasteiger partial charge on any atom is -0.394 e. The Bertz CT molecular complexity index is 549. The standard InChI is InChI=1S/C32H61NO4/c1-3-5-7-9-11-13-14-15-16-17-19-20-22-24-26-30(35)29(28-34)33-32(37)31(36)27-25-23-21-18-12-10-8-6-4-2/h10,12,24,26,29-31,34-36H,3-9,11,13-23,25,27-28H2,1-2H3,(H,33,37)/b12-10-,26-24+. The van der Waals surface area contributed by atoms with Crippen LogP contribution in [0.25, 0.3) is 0 Å². The molecule has 0 saturated carbocycles. The van der Waals surface area contributed by atoms with Gasteiger partial charge in [0.05, 0.1) is 18.8 Å². The van der Waals surface area contributed by atoms with Gasteiger partial charge in [-0.25, -0.2) is 0 Å². The third-order valence-electron chi connectivity index (χ3n) is 7.04. The zero-order chi connectivity index (χ0) is 27.4. The van der Waals surface area contributed by atoms with E-state index in [-0.39, 0.29) is 6.61 Å². The highest BCUT2D eigenvalue weighted by Gasteiger charge is 2.22. The van der Waals surface area contributed by atoms with Gasteiger partial charge in [-0.15, -0.1) is 0 Å². The molecule has 5 heteroatoms. The molecular weight excluding hydrogens is 462 g/mol. The van der Waals surface area contributed by atoms with Crippen LogP contribution < -0.4 is 5.32 Å². The molecule has 0 aliphatic heterocycles. The molecule has 37 heavy (non-hydrogen) atoms. The van der Waals surface area contributed by atoms with E-state index in [4.69, 9.17) is 0 Å². The fourth-order valence-electron chi connectivity index (χ4n) is 4.46. The molecule has 0 aromatic rings. The van der Waals surface area contributed by atoms with Gasteiger partial charge >= 0.3 is 0 Å². The van der Waals surface area contributed by atoms with E-state index in [0.29, 0.717) is 6.42 Å². The van der Waals surface area contributed by atoms with Crippen LogP contribution in [0.1, 0.15) is 149 Å². The number of rotatable bonds is 27. The second-order valence-electron chi connectivity index (χ2n) is 10.7. The molecular formula is C32H61NO4. The summed E-state index contributed by atoms with van der Waals surface area (Å²) in [4.78, 5) is 12.3. The molecule has 218 valence electrons. The summed E-state index contributed by atoms with van der Waals surface area (Å²) in [5.41, 5.74) is 0. The topological polar surface area (TPSA) is 89.8 Å². The Balaban J connectivity index is 3.84. The molecule has 0 aromatic heterocycles. The van der Waals surface area contributed by atoms with Crippen LogP contribution in [0, 0.1) is 0 Å². The highest BCUT2D eigenvalue weighted by molar-refractivity contribution is 5.80. The van der Waals surface area contributed by atoms with E-state index in [1.807, 2.05) is 6.08 Å². The summed E-state index contributed by atoms with van der Waals surface area (Å²) >= 11 is 0. The third kappa shape index (κ3) is 23.7. The molecule has 5 nitrogen and oxygen atoms in total. The molecule has 0 radical (unpaired) electrons. The van der Waals surface area contributed by atoms with Crippen molar-refractivity contribution in [3.63, 3.8) is 0 Å². The van der Waals surface area contributed by atoms with Gasteiger partial charge in [-0.3, -0.25) is 4.79 Å². The van der Waals surface area contributed by atoms with Gasteiger partial charge in [0.25, 0.3) is 0 Å². The van der Waals surface area contributed by atoms with E-state index >= 15 is 0 Å². The summed E-state index contributed by atoms with van der Waals surface area (Å²) in [7, 11) is 0. The van der Waals surface area contributed by atoms with Crippen molar-refractivity contribution >= 4 is 5.91 Å². The molecule has 0 aliphatic rings. The molecule has 0 aromatic carbocycles. The second kappa shape index (κ2) is 27.9. The van der Waals surface area contributed by atoms with Gasteiger partial charge in [0.2, 0.25) is 5.91 Å². The summed E-state index contributed by atoms with van der Waals surface area (Å²) < 4.78 is 0. The van der Waals surface area contributed by atoms with E-state index in [1.165, 1.54) is 83.5 Å². The molecule has 4 N–H and O–H groups in total. The smallest absolute Gasteiger partial charge is 0.249 e. The van der Waals surface area contributed by atoms with Gasteiger partial charge in [-0.2, -0.15) is 0 Å². The summed E-state index contributed by atoms with van der Waals surface area (Å²) in [5, 5.41) is 32.7. The van der Waals surface area contributed by atoms with Crippen molar-refractivity contribution in [2.75, 3.05) is 6.61 Å².